The molecular formula is C17H16N2O2. The topological polar surface area (TPSA) is 49.4 Å². The monoisotopic (exact) mass is 280 g/mol. The molecule has 1 unspecified atom stereocenters. The van der Waals surface area contributed by atoms with E-state index in [9.17, 15) is 9.59 Å². The zero-order valence-corrected chi connectivity index (χ0v) is 11.7. The lowest BCUT2D eigenvalue weighted by molar-refractivity contribution is -0.123. The number of anilines is 2. The van der Waals surface area contributed by atoms with E-state index in [1.54, 1.807) is 11.9 Å². The highest BCUT2D eigenvalue weighted by atomic mass is 16.2. The van der Waals surface area contributed by atoms with Crippen LogP contribution in [0.2, 0.25) is 0 Å². The minimum Gasteiger partial charge on any atom is -0.325 e. The molecule has 2 amide bonds. The fraction of sp³-hybridized carbons (Fsp3) is 0.176. The van der Waals surface area contributed by atoms with Crippen LogP contribution in [-0.4, -0.2) is 18.9 Å². The first-order valence-electron chi connectivity index (χ1n) is 6.88. The zero-order chi connectivity index (χ0) is 14.8. The predicted octanol–water partition coefficient (Wildman–Crippen LogP) is 2.78. The van der Waals surface area contributed by atoms with Crippen LogP contribution in [-0.2, 0) is 9.59 Å². The Labute approximate surface area is 123 Å². The van der Waals surface area contributed by atoms with Gasteiger partial charge in [0.15, 0.2) is 0 Å². The molecule has 1 heterocycles. The summed E-state index contributed by atoms with van der Waals surface area (Å²) in [4.78, 5) is 26.0. The molecule has 0 bridgehead atoms. The quantitative estimate of drug-likeness (QED) is 0.940. The second kappa shape index (κ2) is 5.40. The van der Waals surface area contributed by atoms with Gasteiger partial charge in [0.1, 0.15) is 0 Å². The lowest BCUT2D eigenvalue weighted by atomic mass is 9.96. The van der Waals surface area contributed by atoms with Crippen molar-refractivity contribution in [1.29, 1.82) is 0 Å². The van der Waals surface area contributed by atoms with E-state index >= 15 is 0 Å². The van der Waals surface area contributed by atoms with Gasteiger partial charge in [0.2, 0.25) is 11.8 Å². The number of hydrogen-bond donors (Lipinski definition) is 1. The highest BCUT2D eigenvalue weighted by Gasteiger charge is 2.32. The number of nitrogens with one attached hydrogen (secondary N) is 1. The molecule has 0 aliphatic carbocycles. The molecule has 1 aliphatic rings. The van der Waals surface area contributed by atoms with Crippen LogP contribution in [0.15, 0.2) is 54.6 Å². The summed E-state index contributed by atoms with van der Waals surface area (Å²) in [5.74, 6) is -0.580. The minimum absolute atomic E-state index is 0.0712. The summed E-state index contributed by atoms with van der Waals surface area (Å²) >= 11 is 0. The molecule has 3 rings (SSSR count). The molecule has 21 heavy (non-hydrogen) atoms. The Morgan fingerprint density at radius 1 is 1.10 bits per heavy atom. The third-order valence-electron chi connectivity index (χ3n) is 3.81. The van der Waals surface area contributed by atoms with Gasteiger partial charge in [-0.1, -0.05) is 36.4 Å². The van der Waals surface area contributed by atoms with Crippen LogP contribution < -0.4 is 10.2 Å². The van der Waals surface area contributed by atoms with Crippen LogP contribution in [0, 0.1) is 0 Å². The van der Waals surface area contributed by atoms with Gasteiger partial charge < -0.3 is 10.2 Å². The Balaban J connectivity index is 1.78. The second-order valence-electron chi connectivity index (χ2n) is 5.12. The van der Waals surface area contributed by atoms with Gasteiger partial charge in [0, 0.05) is 24.8 Å². The number of amides is 2. The summed E-state index contributed by atoms with van der Waals surface area (Å²) in [6, 6.07) is 16.9. The Morgan fingerprint density at radius 2 is 1.76 bits per heavy atom. The average Bonchev–Trinajstić information content (AvgIpc) is 2.83. The number of hydrogen-bond acceptors (Lipinski definition) is 2. The molecule has 2 aromatic rings. The molecule has 1 aliphatic heterocycles. The third kappa shape index (κ3) is 2.52. The molecule has 4 heteroatoms. The van der Waals surface area contributed by atoms with Crippen LogP contribution in [0.1, 0.15) is 17.9 Å². The summed E-state index contributed by atoms with van der Waals surface area (Å²) in [7, 11) is 1.73. The van der Waals surface area contributed by atoms with E-state index in [1.165, 1.54) is 0 Å². The SMILES string of the molecule is CN(C(=O)CC1C(=O)Nc2ccccc21)c1ccccc1. The summed E-state index contributed by atoms with van der Waals surface area (Å²) in [5, 5.41) is 2.82. The summed E-state index contributed by atoms with van der Waals surface area (Å²) in [6.45, 7) is 0. The van der Waals surface area contributed by atoms with E-state index < -0.39 is 5.92 Å². The Morgan fingerprint density at radius 3 is 2.52 bits per heavy atom. The molecule has 0 radical (unpaired) electrons. The van der Waals surface area contributed by atoms with E-state index in [0.717, 1.165) is 16.9 Å². The summed E-state index contributed by atoms with van der Waals surface area (Å²) < 4.78 is 0. The Hall–Kier alpha value is -2.62. The largest absolute Gasteiger partial charge is 0.325 e. The van der Waals surface area contributed by atoms with Crippen molar-refractivity contribution in [3.63, 3.8) is 0 Å². The van der Waals surface area contributed by atoms with Crippen molar-refractivity contribution in [2.75, 3.05) is 17.3 Å². The molecule has 0 aromatic heterocycles. The molecule has 1 N–H and O–H groups in total. The highest BCUT2D eigenvalue weighted by Crippen LogP contribution is 2.34. The highest BCUT2D eigenvalue weighted by molar-refractivity contribution is 6.06. The van der Waals surface area contributed by atoms with Gasteiger partial charge >= 0.3 is 0 Å². The van der Waals surface area contributed by atoms with E-state index in [0.29, 0.717) is 0 Å². The normalized spacial score (nSPS) is 16.2. The lowest BCUT2D eigenvalue weighted by Gasteiger charge is -2.19. The Kier molecular flexibility index (Phi) is 3.44. The number of carbonyl (C=O) groups excluding carboxylic acids is 2. The number of nitrogens with zero attached hydrogens (tertiary/aromatic N) is 1. The maximum atomic E-state index is 12.4. The van der Waals surface area contributed by atoms with Gasteiger partial charge in [-0.05, 0) is 23.8 Å². The first kappa shape index (κ1) is 13.4. The fourth-order valence-corrected chi connectivity index (χ4v) is 2.59. The average molecular weight is 280 g/mol. The van der Waals surface area contributed by atoms with Crippen LogP contribution in [0.4, 0.5) is 11.4 Å². The van der Waals surface area contributed by atoms with Crippen molar-refractivity contribution in [2.24, 2.45) is 0 Å². The van der Waals surface area contributed by atoms with Gasteiger partial charge in [-0.25, -0.2) is 0 Å². The van der Waals surface area contributed by atoms with Crippen molar-refractivity contribution < 1.29 is 9.59 Å². The fourth-order valence-electron chi connectivity index (χ4n) is 2.59. The lowest BCUT2D eigenvalue weighted by Crippen LogP contribution is -2.29. The molecule has 1 atom stereocenters. The number of fused-ring (bicyclic) bond motifs is 1. The molecular weight excluding hydrogens is 264 g/mol. The minimum atomic E-state index is -0.403. The third-order valence-corrected chi connectivity index (χ3v) is 3.81. The van der Waals surface area contributed by atoms with Crippen molar-refractivity contribution >= 4 is 23.2 Å². The number of para-hydroxylation sites is 2. The number of carbonyl (C=O) groups is 2. The molecule has 4 nitrogen and oxygen atoms in total. The standard InChI is InChI=1S/C17H16N2O2/c1-19(12-7-3-2-4-8-12)16(20)11-14-13-9-5-6-10-15(13)18-17(14)21/h2-10,14H,11H2,1H3,(H,18,21). The van der Waals surface area contributed by atoms with Gasteiger partial charge in [-0.3, -0.25) is 9.59 Å². The van der Waals surface area contributed by atoms with Crippen molar-refractivity contribution in [2.45, 2.75) is 12.3 Å². The molecule has 2 aromatic carbocycles. The van der Waals surface area contributed by atoms with Crippen LogP contribution in [0.25, 0.3) is 0 Å². The van der Waals surface area contributed by atoms with E-state index in [1.807, 2.05) is 54.6 Å². The zero-order valence-electron chi connectivity index (χ0n) is 11.7. The Bertz CT molecular complexity index is 682. The first-order chi connectivity index (χ1) is 10.2. The maximum absolute atomic E-state index is 12.4. The van der Waals surface area contributed by atoms with Crippen LogP contribution in [0.3, 0.4) is 0 Å². The van der Waals surface area contributed by atoms with Crippen molar-refractivity contribution in [3.8, 4) is 0 Å². The van der Waals surface area contributed by atoms with Gasteiger partial charge in [-0.2, -0.15) is 0 Å². The molecule has 0 spiro atoms. The second-order valence-corrected chi connectivity index (χ2v) is 5.12. The molecule has 106 valence electrons. The van der Waals surface area contributed by atoms with Crippen molar-refractivity contribution in [1.82, 2.24) is 0 Å². The van der Waals surface area contributed by atoms with Gasteiger partial charge in [-0.15, -0.1) is 0 Å². The summed E-state index contributed by atoms with van der Waals surface area (Å²) in [5.41, 5.74) is 2.54. The molecule has 0 fully saturated rings. The van der Waals surface area contributed by atoms with E-state index in [2.05, 4.69) is 5.32 Å². The van der Waals surface area contributed by atoms with Crippen LogP contribution >= 0.6 is 0 Å². The maximum Gasteiger partial charge on any atom is 0.232 e. The van der Waals surface area contributed by atoms with Crippen LogP contribution in [0.5, 0.6) is 0 Å². The van der Waals surface area contributed by atoms with Crippen molar-refractivity contribution in [3.05, 3.63) is 60.2 Å². The van der Waals surface area contributed by atoms with Gasteiger partial charge in [0.05, 0.1) is 5.92 Å². The van der Waals surface area contributed by atoms with E-state index in [4.69, 9.17) is 0 Å². The number of rotatable bonds is 3. The van der Waals surface area contributed by atoms with Gasteiger partial charge in [0.25, 0.3) is 0 Å². The predicted molar refractivity (Wildman–Crippen MR) is 82.3 cm³/mol. The molecule has 0 saturated carbocycles. The number of benzene rings is 2. The first-order valence-corrected chi connectivity index (χ1v) is 6.88. The van der Waals surface area contributed by atoms with E-state index in [-0.39, 0.29) is 18.2 Å². The smallest absolute Gasteiger partial charge is 0.232 e. The molecule has 0 saturated heterocycles. The summed E-state index contributed by atoms with van der Waals surface area (Å²) in [6.07, 6.45) is 0.175.